The summed E-state index contributed by atoms with van der Waals surface area (Å²) in [5.74, 6) is -0.142. The van der Waals surface area contributed by atoms with Crippen LogP contribution in [0, 0.1) is 12.7 Å². The van der Waals surface area contributed by atoms with E-state index in [0.29, 0.717) is 0 Å². The van der Waals surface area contributed by atoms with Crippen LogP contribution in [0.3, 0.4) is 0 Å². The smallest absolute Gasteiger partial charge is 0.123 e. The first-order chi connectivity index (χ1) is 7.63. The second-order valence-electron chi connectivity index (χ2n) is 4.35. The molecule has 2 heteroatoms. The van der Waals surface area contributed by atoms with Crippen molar-refractivity contribution in [1.29, 1.82) is 0 Å². The lowest BCUT2D eigenvalue weighted by Crippen LogP contribution is -1.99. The van der Waals surface area contributed by atoms with E-state index in [1.807, 2.05) is 13.0 Å². The summed E-state index contributed by atoms with van der Waals surface area (Å²) in [6.07, 6.45) is 5.19. The normalized spacial score (nSPS) is 12.8. The summed E-state index contributed by atoms with van der Waals surface area (Å²) >= 11 is 6.14. The molecule has 0 heterocycles. The van der Waals surface area contributed by atoms with Crippen LogP contribution >= 0.6 is 11.6 Å². The van der Waals surface area contributed by atoms with Crippen molar-refractivity contribution in [2.45, 2.75) is 51.3 Å². The molecule has 0 nitrogen and oxygen atoms in total. The minimum Gasteiger partial charge on any atom is -0.207 e. The molecule has 0 saturated heterocycles. The first-order valence-corrected chi connectivity index (χ1v) is 6.46. The van der Waals surface area contributed by atoms with E-state index in [2.05, 4.69) is 6.92 Å². The molecule has 1 atom stereocenters. The lowest BCUT2D eigenvalue weighted by atomic mass is 10.0. The molecule has 1 rings (SSSR count). The quantitative estimate of drug-likeness (QED) is 0.625. The Morgan fingerprint density at radius 3 is 2.75 bits per heavy atom. The zero-order chi connectivity index (χ0) is 12.0. The summed E-state index contributed by atoms with van der Waals surface area (Å²) in [6.45, 7) is 4.17. The average molecular weight is 243 g/mol. The monoisotopic (exact) mass is 242 g/mol. The van der Waals surface area contributed by atoms with Crippen LogP contribution in [0.5, 0.6) is 0 Å². The van der Waals surface area contributed by atoms with E-state index in [9.17, 15) is 4.39 Å². The largest absolute Gasteiger partial charge is 0.207 e. The highest BCUT2D eigenvalue weighted by Gasteiger charge is 2.05. The maximum Gasteiger partial charge on any atom is 0.123 e. The molecule has 1 aromatic rings. The molecule has 0 aliphatic carbocycles. The molecule has 1 unspecified atom stereocenters. The van der Waals surface area contributed by atoms with Crippen molar-refractivity contribution >= 4 is 11.6 Å². The van der Waals surface area contributed by atoms with Crippen molar-refractivity contribution in [3.63, 3.8) is 0 Å². The minimum atomic E-state index is -0.142. The van der Waals surface area contributed by atoms with Gasteiger partial charge in [0.15, 0.2) is 0 Å². The van der Waals surface area contributed by atoms with Gasteiger partial charge in [0.25, 0.3) is 0 Å². The lowest BCUT2D eigenvalue weighted by molar-refractivity contribution is 0.617. The van der Waals surface area contributed by atoms with Gasteiger partial charge < -0.3 is 0 Å². The van der Waals surface area contributed by atoms with Gasteiger partial charge in [0.2, 0.25) is 0 Å². The van der Waals surface area contributed by atoms with Crippen molar-refractivity contribution < 1.29 is 4.39 Å². The fourth-order valence-electron chi connectivity index (χ4n) is 1.88. The predicted octanol–water partition coefficient (Wildman–Crippen LogP) is 4.86. The van der Waals surface area contributed by atoms with Crippen LogP contribution in [0.25, 0.3) is 0 Å². The summed E-state index contributed by atoms with van der Waals surface area (Å²) in [5, 5.41) is 0.277. The van der Waals surface area contributed by atoms with Crippen molar-refractivity contribution in [1.82, 2.24) is 0 Å². The van der Waals surface area contributed by atoms with Gasteiger partial charge in [-0.2, -0.15) is 0 Å². The van der Waals surface area contributed by atoms with E-state index in [1.165, 1.54) is 11.6 Å². The van der Waals surface area contributed by atoms with E-state index >= 15 is 0 Å². The second kappa shape index (κ2) is 6.90. The summed E-state index contributed by atoms with van der Waals surface area (Å²) in [5.41, 5.74) is 2.28. The lowest BCUT2D eigenvalue weighted by Gasteiger charge is -2.09. The second-order valence-corrected chi connectivity index (χ2v) is 4.97. The first-order valence-electron chi connectivity index (χ1n) is 6.02. The molecule has 90 valence electrons. The number of rotatable bonds is 6. The molecule has 0 aliphatic heterocycles. The number of hydrogen-bond donors (Lipinski definition) is 0. The Hall–Kier alpha value is -0.560. The predicted molar refractivity (Wildman–Crippen MR) is 68.6 cm³/mol. The highest BCUT2D eigenvalue weighted by molar-refractivity contribution is 6.20. The molecule has 0 N–H and O–H groups in total. The number of alkyl halides is 1. The SMILES string of the molecule is CCCC(Cl)CCCc1cc(F)ccc1C. The van der Waals surface area contributed by atoms with E-state index in [0.717, 1.165) is 37.7 Å². The Labute approximate surface area is 103 Å². The van der Waals surface area contributed by atoms with Gasteiger partial charge in [-0.05, 0) is 55.9 Å². The van der Waals surface area contributed by atoms with Crippen LogP contribution in [0.15, 0.2) is 18.2 Å². The Morgan fingerprint density at radius 1 is 1.31 bits per heavy atom. The van der Waals surface area contributed by atoms with Crippen molar-refractivity contribution in [2.24, 2.45) is 0 Å². The van der Waals surface area contributed by atoms with Crippen molar-refractivity contribution in [2.75, 3.05) is 0 Å². The van der Waals surface area contributed by atoms with Gasteiger partial charge in [0, 0.05) is 5.38 Å². The molecule has 1 aromatic carbocycles. The molecule has 0 bridgehead atoms. The van der Waals surface area contributed by atoms with Crippen molar-refractivity contribution in [3.05, 3.63) is 35.1 Å². The highest BCUT2D eigenvalue weighted by atomic mass is 35.5. The van der Waals surface area contributed by atoms with Gasteiger partial charge >= 0.3 is 0 Å². The Kier molecular flexibility index (Phi) is 5.83. The zero-order valence-corrected chi connectivity index (χ0v) is 10.9. The average Bonchev–Trinajstić information content (AvgIpc) is 2.23. The van der Waals surface area contributed by atoms with Gasteiger partial charge in [0.1, 0.15) is 5.82 Å². The molecular formula is C14H20ClF. The molecule has 0 amide bonds. The third-order valence-electron chi connectivity index (χ3n) is 2.88. The molecular weight excluding hydrogens is 223 g/mol. The summed E-state index contributed by atoms with van der Waals surface area (Å²) in [7, 11) is 0. The minimum absolute atomic E-state index is 0.142. The van der Waals surface area contributed by atoms with Crippen LogP contribution in [-0.4, -0.2) is 5.38 Å². The van der Waals surface area contributed by atoms with E-state index < -0.39 is 0 Å². The van der Waals surface area contributed by atoms with Gasteiger partial charge in [-0.15, -0.1) is 11.6 Å². The maximum absolute atomic E-state index is 13.0. The number of hydrogen-bond acceptors (Lipinski definition) is 0. The van der Waals surface area contributed by atoms with E-state index in [-0.39, 0.29) is 11.2 Å². The topological polar surface area (TPSA) is 0 Å². The fraction of sp³-hybridized carbons (Fsp3) is 0.571. The third kappa shape index (κ3) is 4.52. The standard InChI is InChI=1S/C14H20ClF/c1-3-5-13(15)7-4-6-12-10-14(16)9-8-11(12)2/h8-10,13H,3-7H2,1-2H3. The van der Waals surface area contributed by atoms with Crippen LogP contribution in [0.4, 0.5) is 4.39 Å². The number of aryl methyl sites for hydroxylation is 2. The van der Waals surface area contributed by atoms with Crippen LogP contribution < -0.4 is 0 Å². The Morgan fingerprint density at radius 2 is 2.06 bits per heavy atom. The van der Waals surface area contributed by atoms with Gasteiger partial charge in [0.05, 0.1) is 0 Å². The fourth-order valence-corrected chi connectivity index (χ4v) is 2.25. The third-order valence-corrected chi connectivity index (χ3v) is 3.31. The molecule has 16 heavy (non-hydrogen) atoms. The van der Waals surface area contributed by atoms with Crippen LogP contribution in [-0.2, 0) is 6.42 Å². The zero-order valence-electron chi connectivity index (χ0n) is 10.1. The summed E-state index contributed by atoms with van der Waals surface area (Å²) in [4.78, 5) is 0. The van der Waals surface area contributed by atoms with Gasteiger partial charge in [-0.1, -0.05) is 19.4 Å². The Balaban J connectivity index is 2.39. The van der Waals surface area contributed by atoms with Crippen LogP contribution in [0.2, 0.25) is 0 Å². The summed E-state index contributed by atoms with van der Waals surface area (Å²) < 4.78 is 13.0. The molecule has 0 radical (unpaired) electrons. The van der Waals surface area contributed by atoms with Gasteiger partial charge in [-0.25, -0.2) is 4.39 Å². The first kappa shape index (κ1) is 13.5. The Bertz CT molecular complexity index is 323. The molecule has 0 saturated carbocycles. The molecule has 0 spiro atoms. The van der Waals surface area contributed by atoms with Crippen LogP contribution in [0.1, 0.15) is 43.7 Å². The highest BCUT2D eigenvalue weighted by Crippen LogP contribution is 2.17. The number of halogens is 2. The number of benzene rings is 1. The van der Waals surface area contributed by atoms with E-state index in [4.69, 9.17) is 11.6 Å². The summed E-state index contributed by atoms with van der Waals surface area (Å²) in [6, 6.07) is 4.99. The van der Waals surface area contributed by atoms with Gasteiger partial charge in [-0.3, -0.25) is 0 Å². The molecule has 0 fully saturated rings. The maximum atomic E-state index is 13.0. The molecule has 0 aromatic heterocycles. The van der Waals surface area contributed by atoms with Crippen molar-refractivity contribution in [3.8, 4) is 0 Å². The molecule has 0 aliphatic rings. The van der Waals surface area contributed by atoms with E-state index in [1.54, 1.807) is 6.07 Å².